The van der Waals surface area contributed by atoms with Crippen LogP contribution in [0.2, 0.25) is 0 Å². The molecule has 0 spiro atoms. The van der Waals surface area contributed by atoms with Gasteiger partial charge >= 0.3 is 6.09 Å². The molecule has 38 heavy (non-hydrogen) atoms. The van der Waals surface area contributed by atoms with E-state index < -0.39 is 30.1 Å². The third-order valence-corrected chi connectivity index (χ3v) is 8.35. The van der Waals surface area contributed by atoms with Crippen LogP contribution in [0.5, 0.6) is 0 Å². The van der Waals surface area contributed by atoms with Gasteiger partial charge in [-0.15, -0.1) is 0 Å². The number of halogens is 2. The van der Waals surface area contributed by atoms with Gasteiger partial charge in [0, 0.05) is 41.4 Å². The maximum absolute atomic E-state index is 14.8. The number of alkyl halides is 1. The van der Waals surface area contributed by atoms with Crippen molar-refractivity contribution < 1.29 is 23.1 Å². The number of piperidine rings is 1. The molecule has 5 heterocycles. The van der Waals surface area contributed by atoms with Crippen LogP contribution in [0.1, 0.15) is 75.5 Å². The summed E-state index contributed by atoms with van der Waals surface area (Å²) in [5, 5.41) is 8.34. The monoisotopic (exact) mass is 528 g/mol. The van der Waals surface area contributed by atoms with Crippen molar-refractivity contribution in [3.05, 3.63) is 35.9 Å². The molecule has 4 aliphatic rings. The molecule has 2 unspecified atom stereocenters. The first-order valence-electron chi connectivity index (χ1n) is 13.5. The molecular formula is C27H34F2N6O3. The number of ether oxygens (including phenoxy) is 1. The number of fused-ring (bicyclic) bond motifs is 3. The van der Waals surface area contributed by atoms with Gasteiger partial charge in [0.05, 0.1) is 19.3 Å². The second-order valence-electron chi connectivity index (χ2n) is 11.7. The van der Waals surface area contributed by atoms with E-state index in [1.54, 1.807) is 4.90 Å². The molecule has 2 amide bonds. The van der Waals surface area contributed by atoms with Crippen molar-refractivity contribution in [2.24, 2.45) is 0 Å². The molecule has 4 fully saturated rings. The smallest absolute Gasteiger partial charge is 0.410 e. The fourth-order valence-corrected chi connectivity index (χ4v) is 6.21. The van der Waals surface area contributed by atoms with Crippen molar-refractivity contribution in [1.29, 1.82) is 0 Å². The Morgan fingerprint density at radius 3 is 2.50 bits per heavy atom. The van der Waals surface area contributed by atoms with Gasteiger partial charge in [-0.05, 0) is 44.4 Å². The van der Waals surface area contributed by atoms with Crippen molar-refractivity contribution in [1.82, 2.24) is 24.4 Å². The zero-order valence-corrected chi connectivity index (χ0v) is 21.8. The maximum Gasteiger partial charge on any atom is 0.410 e. The molecule has 2 bridgehead atoms. The molecule has 2 aromatic rings. The van der Waals surface area contributed by atoms with Gasteiger partial charge in [0.15, 0.2) is 17.1 Å². The van der Waals surface area contributed by atoms with Gasteiger partial charge in [-0.3, -0.25) is 4.79 Å². The molecule has 1 aliphatic carbocycles. The van der Waals surface area contributed by atoms with Crippen LogP contribution in [0.3, 0.4) is 0 Å². The molecule has 0 radical (unpaired) electrons. The van der Waals surface area contributed by atoms with Gasteiger partial charge < -0.3 is 19.9 Å². The highest BCUT2D eigenvalue weighted by Gasteiger charge is 2.49. The number of hydrogen-bond acceptors (Lipinski definition) is 6. The quantitative estimate of drug-likeness (QED) is 0.539. The standard InChI is InChI=1S/C27H34F2N6O3/c1-15(2)21-11-30-35-23(10-22(17-4-5-17)32-24(21)35)31-18-8-19-6-7-20(9-18)34(19)26(37)38-14-27(29)12-33(13-27)25(36)16(3)28/h10-11,15,17-20,31H,3-9,12-14H2,1-2H3. The van der Waals surface area contributed by atoms with E-state index in [2.05, 4.69) is 36.9 Å². The van der Waals surface area contributed by atoms with E-state index in [4.69, 9.17) is 9.72 Å². The normalized spacial score (nSPS) is 26.0. The number of anilines is 1. The minimum absolute atomic E-state index is 0.00715. The molecule has 3 saturated heterocycles. The van der Waals surface area contributed by atoms with Crippen molar-refractivity contribution in [2.45, 2.75) is 88.0 Å². The summed E-state index contributed by atoms with van der Waals surface area (Å²) in [7, 11) is 0. The van der Waals surface area contributed by atoms with Gasteiger partial charge in [-0.2, -0.15) is 9.61 Å². The van der Waals surface area contributed by atoms with Crippen LogP contribution in [-0.4, -0.2) is 79.9 Å². The largest absolute Gasteiger partial charge is 0.446 e. The highest BCUT2D eigenvalue weighted by atomic mass is 19.1. The number of rotatable bonds is 7. The minimum Gasteiger partial charge on any atom is -0.446 e. The molecule has 204 valence electrons. The van der Waals surface area contributed by atoms with E-state index in [0.29, 0.717) is 11.8 Å². The predicted molar refractivity (Wildman–Crippen MR) is 136 cm³/mol. The predicted octanol–water partition coefficient (Wildman–Crippen LogP) is 4.31. The summed E-state index contributed by atoms with van der Waals surface area (Å²) in [6.45, 7) is 6.17. The van der Waals surface area contributed by atoms with Crippen molar-refractivity contribution in [2.75, 3.05) is 25.0 Å². The average molecular weight is 529 g/mol. The number of hydrogen-bond donors (Lipinski definition) is 1. The summed E-state index contributed by atoms with van der Waals surface area (Å²) >= 11 is 0. The number of nitrogens with one attached hydrogen (secondary N) is 1. The zero-order chi connectivity index (χ0) is 26.8. The third-order valence-electron chi connectivity index (χ3n) is 8.35. The molecule has 1 saturated carbocycles. The molecule has 2 aromatic heterocycles. The van der Waals surface area contributed by atoms with Gasteiger partial charge in [-0.25, -0.2) is 18.6 Å². The first kappa shape index (κ1) is 25.1. The number of amides is 2. The van der Waals surface area contributed by atoms with Crippen LogP contribution in [0.15, 0.2) is 24.7 Å². The van der Waals surface area contributed by atoms with E-state index in [1.165, 1.54) is 0 Å². The number of nitrogens with zero attached hydrogens (tertiary/aromatic N) is 5. The second kappa shape index (κ2) is 9.20. The molecule has 2 atom stereocenters. The Morgan fingerprint density at radius 1 is 1.21 bits per heavy atom. The lowest BCUT2D eigenvalue weighted by molar-refractivity contribution is -0.146. The number of carbonyl (C=O) groups is 2. The first-order chi connectivity index (χ1) is 18.1. The van der Waals surface area contributed by atoms with Crippen molar-refractivity contribution in [3.63, 3.8) is 0 Å². The van der Waals surface area contributed by atoms with E-state index in [0.717, 1.165) is 66.1 Å². The van der Waals surface area contributed by atoms with Gasteiger partial charge in [-0.1, -0.05) is 20.4 Å². The molecule has 3 aliphatic heterocycles. The highest BCUT2D eigenvalue weighted by molar-refractivity contribution is 5.91. The fraction of sp³-hybridized carbons (Fsp3) is 0.630. The summed E-state index contributed by atoms with van der Waals surface area (Å²) in [4.78, 5) is 32.2. The average Bonchev–Trinajstić information content (AvgIpc) is 3.55. The maximum atomic E-state index is 14.8. The summed E-state index contributed by atoms with van der Waals surface area (Å²) in [6.07, 6.45) is 6.97. The van der Waals surface area contributed by atoms with E-state index >= 15 is 0 Å². The summed E-state index contributed by atoms with van der Waals surface area (Å²) < 4.78 is 35.1. The summed E-state index contributed by atoms with van der Waals surface area (Å²) in [5.74, 6) is -0.283. The Balaban J connectivity index is 1.10. The van der Waals surface area contributed by atoms with Gasteiger partial charge in [0.25, 0.3) is 5.91 Å². The third kappa shape index (κ3) is 4.49. The number of likely N-dealkylation sites (tertiary alicyclic amines) is 1. The molecular weight excluding hydrogens is 494 g/mol. The van der Waals surface area contributed by atoms with E-state index in [1.807, 2.05) is 10.7 Å². The van der Waals surface area contributed by atoms with Crippen LogP contribution in [0, 0.1) is 0 Å². The van der Waals surface area contributed by atoms with Crippen LogP contribution >= 0.6 is 0 Å². The molecule has 1 N–H and O–H groups in total. The van der Waals surface area contributed by atoms with Crippen LogP contribution in [0.4, 0.5) is 19.4 Å². The highest BCUT2D eigenvalue weighted by Crippen LogP contribution is 2.42. The summed E-state index contributed by atoms with van der Waals surface area (Å²) in [5.41, 5.74) is 1.29. The SMILES string of the molecule is C=C(F)C(=O)N1CC(F)(COC(=O)N2C3CCC2CC(Nc2cc(C4CC4)nc4c(C(C)C)cnn24)C3)C1. The Kier molecular flexibility index (Phi) is 6.07. The van der Waals surface area contributed by atoms with Crippen LogP contribution < -0.4 is 5.32 Å². The lowest BCUT2D eigenvalue weighted by Crippen LogP contribution is -2.63. The Morgan fingerprint density at radius 2 is 1.89 bits per heavy atom. The minimum atomic E-state index is -1.86. The lowest BCUT2D eigenvalue weighted by atomic mass is 9.97. The first-order valence-corrected chi connectivity index (χ1v) is 13.5. The van der Waals surface area contributed by atoms with Crippen molar-refractivity contribution >= 4 is 23.5 Å². The topological polar surface area (TPSA) is 92.1 Å². The number of carbonyl (C=O) groups excluding carboxylic acids is 2. The molecule has 9 nitrogen and oxygen atoms in total. The molecule has 6 rings (SSSR count). The molecule has 0 aromatic carbocycles. The molecule has 11 heteroatoms. The Bertz CT molecular complexity index is 1270. The Hall–Kier alpha value is -3.24. The number of aromatic nitrogens is 3. The summed E-state index contributed by atoms with van der Waals surface area (Å²) in [6, 6.07) is 2.30. The van der Waals surface area contributed by atoms with Crippen molar-refractivity contribution in [3.8, 4) is 0 Å². The fourth-order valence-electron chi connectivity index (χ4n) is 6.21. The van der Waals surface area contributed by atoms with Crippen LogP contribution in [-0.2, 0) is 9.53 Å². The Labute approximate surface area is 220 Å². The lowest BCUT2D eigenvalue weighted by Gasteiger charge is -2.44. The second-order valence-corrected chi connectivity index (χ2v) is 11.7. The van der Waals surface area contributed by atoms with Gasteiger partial charge in [0.2, 0.25) is 0 Å². The van der Waals surface area contributed by atoms with E-state index in [-0.39, 0.29) is 31.2 Å². The van der Waals surface area contributed by atoms with Crippen LogP contribution in [0.25, 0.3) is 5.65 Å². The van der Waals surface area contributed by atoms with E-state index in [9.17, 15) is 18.4 Å². The zero-order valence-electron chi connectivity index (χ0n) is 21.8. The van der Waals surface area contributed by atoms with Gasteiger partial charge in [0.1, 0.15) is 12.4 Å².